The third kappa shape index (κ3) is 2.96. The van der Waals surface area contributed by atoms with Gasteiger partial charge in [0.25, 0.3) is 0 Å². The van der Waals surface area contributed by atoms with E-state index in [0.717, 1.165) is 12.6 Å². The van der Waals surface area contributed by atoms with Crippen molar-refractivity contribution in [2.24, 2.45) is 0 Å². The van der Waals surface area contributed by atoms with E-state index in [9.17, 15) is 0 Å². The van der Waals surface area contributed by atoms with Gasteiger partial charge in [0.05, 0.1) is 0 Å². The van der Waals surface area contributed by atoms with Gasteiger partial charge in [-0.05, 0) is 30.5 Å². The minimum atomic E-state index is 0.753. The Kier molecular flexibility index (Phi) is 3.62. The van der Waals surface area contributed by atoms with Crippen LogP contribution >= 0.6 is 0 Å². The number of hydrogen-bond acceptors (Lipinski definition) is 2. The highest BCUT2D eigenvalue weighted by Crippen LogP contribution is 2.18. The highest BCUT2D eigenvalue weighted by Gasteiger charge is 2.13. The van der Waals surface area contributed by atoms with E-state index in [0.29, 0.717) is 0 Å². The van der Waals surface area contributed by atoms with E-state index in [4.69, 9.17) is 0 Å². The van der Waals surface area contributed by atoms with Gasteiger partial charge in [-0.15, -0.1) is 0 Å². The lowest BCUT2D eigenvalue weighted by atomic mass is 10.2. The predicted octanol–water partition coefficient (Wildman–Crippen LogP) is 2.76. The van der Waals surface area contributed by atoms with Crippen LogP contribution < -0.4 is 10.6 Å². The minimum Gasteiger partial charge on any atom is -0.388 e. The zero-order chi connectivity index (χ0) is 10.5. The van der Waals surface area contributed by atoms with Crippen molar-refractivity contribution in [2.45, 2.75) is 38.3 Å². The number of nitrogens with one attached hydrogen (secondary N) is 2. The molecule has 0 unspecified atom stereocenters. The van der Waals surface area contributed by atoms with Crippen molar-refractivity contribution in [3.05, 3.63) is 29.8 Å². The first-order chi connectivity index (χ1) is 7.38. The van der Waals surface area contributed by atoms with E-state index in [1.165, 1.54) is 36.9 Å². The van der Waals surface area contributed by atoms with Crippen LogP contribution in [0.2, 0.25) is 0 Å². The molecule has 2 N–H and O–H groups in total. The van der Waals surface area contributed by atoms with Gasteiger partial charge in [-0.1, -0.05) is 25.0 Å². The summed E-state index contributed by atoms with van der Waals surface area (Å²) < 4.78 is 0. The van der Waals surface area contributed by atoms with Crippen LogP contribution in [0.1, 0.15) is 31.2 Å². The maximum absolute atomic E-state index is 3.62. The van der Waals surface area contributed by atoms with Crippen molar-refractivity contribution in [3.8, 4) is 0 Å². The molecule has 82 valence electrons. The highest BCUT2D eigenvalue weighted by molar-refractivity contribution is 5.44. The summed E-state index contributed by atoms with van der Waals surface area (Å²) in [6.07, 6.45) is 5.50. The third-order valence-corrected chi connectivity index (χ3v) is 3.17. The van der Waals surface area contributed by atoms with Crippen LogP contribution in [0, 0.1) is 0 Å². The molecule has 0 radical (unpaired) electrons. The Labute approximate surface area is 92.1 Å². The molecule has 1 aromatic carbocycles. The Morgan fingerprint density at radius 1 is 1.27 bits per heavy atom. The molecule has 0 saturated heterocycles. The second-order valence-electron chi connectivity index (χ2n) is 4.31. The van der Waals surface area contributed by atoms with E-state index >= 15 is 0 Å². The lowest BCUT2D eigenvalue weighted by molar-refractivity contribution is 0.524. The average molecular weight is 204 g/mol. The average Bonchev–Trinajstić information content (AvgIpc) is 2.79. The molecule has 15 heavy (non-hydrogen) atoms. The molecule has 0 amide bonds. The van der Waals surface area contributed by atoms with Gasteiger partial charge in [0.1, 0.15) is 0 Å². The molecular formula is C13H20N2. The Balaban J connectivity index is 1.86. The molecule has 0 spiro atoms. The molecule has 1 fully saturated rings. The van der Waals surface area contributed by atoms with E-state index in [1.54, 1.807) is 0 Å². The fourth-order valence-electron chi connectivity index (χ4n) is 2.23. The summed E-state index contributed by atoms with van der Waals surface area (Å²) >= 11 is 0. The van der Waals surface area contributed by atoms with Crippen LogP contribution in [0.25, 0.3) is 0 Å². The van der Waals surface area contributed by atoms with Crippen molar-refractivity contribution in [1.82, 2.24) is 5.32 Å². The Bertz CT molecular complexity index is 303. The second kappa shape index (κ2) is 5.17. The summed E-state index contributed by atoms with van der Waals surface area (Å²) in [4.78, 5) is 0. The van der Waals surface area contributed by atoms with Crippen LogP contribution in [-0.2, 0) is 6.54 Å². The van der Waals surface area contributed by atoms with Crippen LogP contribution in [0.5, 0.6) is 0 Å². The Morgan fingerprint density at radius 2 is 2.07 bits per heavy atom. The van der Waals surface area contributed by atoms with Crippen LogP contribution in [-0.4, -0.2) is 13.1 Å². The molecule has 1 aliphatic rings. The van der Waals surface area contributed by atoms with Gasteiger partial charge in [0.15, 0.2) is 0 Å². The molecule has 0 aromatic heterocycles. The summed E-state index contributed by atoms with van der Waals surface area (Å²) in [5.41, 5.74) is 2.56. The van der Waals surface area contributed by atoms with Crippen molar-refractivity contribution >= 4 is 5.69 Å². The molecule has 0 atom stereocenters. The summed E-state index contributed by atoms with van der Waals surface area (Å²) in [7, 11) is 1.96. The van der Waals surface area contributed by atoms with Gasteiger partial charge in [-0.3, -0.25) is 0 Å². The van der Waals surface area contributed by atoms with E-state index < -0.39 is 0 Å². The minimum absolute atomic E-state index is 0.753. The van der Waals surface area contributed by atoms with Crippen molar-refractivity contribution < 1.29 is 0 Å². The Morgan fingerprint density at radius 3 is 2.80 bits per heavy atom. The summed E-state index contributed by atoms with van der Waals surface area (Å²) in [5, 5.41) is 6.79. The quantitative estimate of drug-likeness (QED) is 0.788. The lowest BCUT2D eigenvalue weighted by Crippen LogP contribution is -2.25. The van der Waals surface area contributed by atoms with Gasteiger partial charge in [-0.2, -0.15) is 0 Å². The van der Waals surface area contributed by atoms with E-state index in [-0.39, 0.29) is 0 Å². The molecule has 0 aliphatic heterocycles. The topological polar surface area (TPSA) is 24.1 Å². The number of anilines is 1. The second-order valence-corrected chi connectivity index (χ2v) is 4.31. The maximum Gasteiger partial charge on any atom is 0.0340 e. The maximum atomic E-state index is 3.62. The molecule has 2 rings (SSSR count). The summed E-state index contributed by atoms with van der Waals surface area (Å²) in [5.74, 6) is 0. The third-order valence-electron chi connectivity index (χ3n) is 3.17. The first kappa shape index (κ1) is 10.5. The van der Waals surface area contributed by atoms with E-state index in [2.05, 4.69) is 34.9 Å². The van der Waals surface area contributed by atoms with Gasteiger partial charge in [-0.25, -0.2) is 0 Å². The monoisotopic (exact) mass is 204 g/mol. The summed E-state index contributed by atoms with van der Waals surface area (Å²) in [6, 6.07) is 9.35. The van der Waals surface area contributed by atoms with Crippen molar-refractivity contribution in [2.75, 3.05) is 12.4 Å². The predicted molar refractivity (Wildman–Crippen MR) is 65.1 cm³/mol. The summed E-state index contributed by atoms with van der Waals surface area (Å²) in [6.45, 7) is 1.00. The number of rotatable bonds is 4. The standard InChI is InChI=1S/C13H20N2/c1-14-13-8-4-5-11(9-13)10-15-12-6-2-3-7-12/h4-5,8-9,12,14-15H,2-3,6-7,10H2,1H3. The van der Waals surface area contributed by atoms with Gasteiger partial charge in [0, 0.05) is 25.3 Å². The van der Waals surface area contributed by atoms with Crippen LogP contribution in [0.4, 0.5) is 5.69 Å². The molecule has 2 nitrogen and oxygen atoms in total. The molecular weight excluding hydrogens is 184 g/mol. The fraction of sp³-hybridized carbons (Fsp3) is 0.538. The van der Waals surface area contributed by atoms with Gasteiger partial charge in [0.2, 0.25) is 0 Å². The van der Waals surface area contributed by atoms with E-state index in [1.807, 2.05) is 7.05 Å². The number of hydrogen-bond donors (Lipinski definition) is 2. The lowest BCUT2D eigenvalue weighted by Gasteiger charge is -2.12. The SMILES string of the molecule is CNc1cccc(CNC2CCCC2)c1. The zero-order valence-corrected chi connectivity index (χ0v) is 9.42. The fourth-order valence-corrected chi connectivity index (χ4v) is 2.23. The van der Waals surface area contributed by atoms with Gasteiger partial charge >= 0.3 is 0 Å². The molecule has 0 heterocycles. The van der Waals surface area contributed by atoms with Crippen LogP contribution in [0.15, 0.2) is 24.3 Å². The zero-order valence-electron chi connectivity index (χ0n) is 9.42. The molecule has 2 heteroatoms. The molecule has 0 bridgehead atoms. The van der Waals surface area contributed by atoms with Crippen LogP contribution in [0.3, 0.4) is 0 Å². The first-order valence-corrected chi connectivity index (χ1v) is 5.88. The first-order valence-electron chi connectivity index (χ1n) is 5.88. The molecule has 1 aromatic rings. The van der Waals surface area contributed by atoms with Crippen molar-refractivity contribution in [1.29, 1.82) is 0 Å². The molecule has 1 saturated carbocycles. The highest BCUT2D eigenvalue weighted by atomic mass is 14.9. The molecule has 1 aliphatic carbocycles. The van der Waals surface area contributed by atoms with Gasteiger partial charge < -0.3 is 10.6 Å². The smallest absolute Gasteiger partial charge is 0.0340 e. The normalized spacial score (nSPS) is 16.9. The Hall–Kier alpha value is -1.02. The number of benzene rings is 1. The largest absolute Gasteiger partial charge is 0.388 e. The van der Waals surface area contributed by atoms with Crippen molar-refractivity contribution in [3.63, 3.8) is 0 Å².